The molecule has 1 unspecified atom stereocenters. The first-order valence-corrected chi connectivity index (χ1v) is 6.97. The average Bonchev–Trinajstić information content (AvgIpc) is 2.92. The van der Waals surface area contributed by atoms with Gasteiger partial charge in [-0.05, 0) is 18.4 Å². The lowest BCUT2D eigenvalue weighted by atomic mass is 10.1. The molecule has 1 atom stereocenters. The number of carboxylic acid groups (broad SMARTS) is 1. The summed E-state index contributed by atoms with van der Waals surface area (Å²) in [6.45, 7) is 0.0162. The van der Waals surface area contributed by atoms with E-state index in [1.54, 1.807) is 24.3 Å². The summed E-state index contributed by atoms with van der Waals surface area (Å²) >= 11 is 0. The zero-order valence-electron chi connectivity index (χ0n) is 11.3. The lowest BCUT2D eigenvalue weighted by molar-refractivity contribution is -0.139. The Hall–Kier alpha value is -1.88. The number of carbonyl (C=O) groups excluding carboxylic acids is 1. The second-order valence-electron chi connectivity index (χ2n) is 5.11. The molecule has 0 heterocycles. The number of nitrogens with one attached hydrogen (secondary N) is 2. The van der Waals surface area contributed by atoms with Crippen LogP contribution in [0.25, 0.3) is 0 Å². The first kappa shape index (κ1) is 14.5. The molecule has 5 nitrogen and oxygen atoms in total. The highest BCUT2D eigenvalue weighted by atomic mass is 16.4. The lowest BCUT2D eigenvalue weighted by Gasteiger charge is -2.16. The van der Waals surface area contributed by atoms with E-state index in [1.165, 1.54) is 0 Å². The van der Waals surface area contributed by atoms with Crippen molar-refractivity contribution in [2.24, 2.45) is 0 Å². The van der Waals surface area contributed by atoms with Crippen molar-refractivity contribution >= 4 is 11.9 Å². The molecule has 1 aromatic carbocycles. The van der Waals surface area contributed by atoms with Gasteiger partial charge in [0.05, 0.1) is 6.54 Å². The van der Waals surface area contributed by atoms with E-state index < -0.39 is 12.0 Å². The van der Waals surface area contributed by atoms with Crippen LogP contribution in [0.4, 0.5) is 0 Å². The Kier molecular flexibility index (Phi) is 5.12. The molecule has 0 radical (unpaired) electrons. The van der Waals surface area contributed by atoms with Crippen LogP contribution in [-0.4, -0.2) is 29.6 Å². The van der Waals surface area contributed by atoms with E-state index in [0.29, 0.717) is 5.56 Å². The number of amides is 1. The van der Waals surface area contributed by atoms with E-state index in [-0.39, 0.29) is 18.5 Å². The highest BCUT2D eigenvalue weighted by molar-refractivity contribution is 5.80. The molecule has 1 fully saturated rings. The van der Waals surface area contributed by atoms with E-state index in [4.69, 9.17) is 0 Å². The summed E-state index contributed by atoms with van der Waals surface area (Å²) in [7, 11) is 0. The predicted molar refractivity (Wildman–Crippen MR) is 75.2 cm³/mol. The summed E-state index contributed by atoms with van der Waals surface area (Å²) in [5.41, 5.74) is 0.647. The van der Waals surface area contributed by atoms with Gasteiger partial charge in [0.25, 0.3) is 0 Å². The van der Waals surface area contributed by atoms with E-state index in [9.17, 15) is 14.7 Å². The van der Waals surface area contributed by atoms with Crippen molar-refractivity contribution in [3.05, 3.63) is 35.9 Å². The van der Waals surface area contributed by atoms with E-state index in [1.807, 2.05) is 6.07 Å². The molecule has 108 valence electrons. The first-order valence-electron chi connectivity index (χ1n) is 6.97. The minimum atomic E-state index is -0.982. The van der Waals surface area contributed by atoms with Crippen molar-refractivity contribution < 1.29 is 14.7 Å². The number of aliphatic carboxylic acids is 1. The maximum atomic E-state index is 11.8. The van der Waals surface area contributed by atoms with E-state index in [2.05, 4.69) is 10.6 Å². The lowest BCUT2D eigenvalue weighted by Crippen LogP contribution is -2.41. The summed E-state index contributed by atoms with van der Waals surface area (Å²) < 4.78 is 0. The van der Waals surface area contributed by atoms with Crippen LogP contribution in [0.2, 0.25) is 0 Å². The van der Waals surface area contributed by atoms with Crippen molar-refractivity contribution in [2.75, 3.05) is 6.54 Å². The fourth-order valence-corrected chi connectivity index (χ4v) is 2.54. The Labute approximate surface area is 118 Å². The molecule has 0 saturated heterocycles. The zero-order valence-corrected chi connectivity index (χ0v) is 11.3. The van der Waals surface area contributed by atoms with Crippen molar-refractivity contribution in [3.8, 4) is 0 Å². The zero-order chi connectivity index (χ0) is 14.4. The van der Waals surface area contributed by atoms with Gasteiger partial charge in [0.2, 0.25) is 5.91 Å². The summed E-state index contributed by atoms with van der Waals surface area (Å²) in [6, 6.07) is 8.27. The average molecular weight is 276 g/mol. The van der Waals surface area contributed by atoms with Gasteiger partial charge in [-0.2, -0.15) is 0 Å². The van der Waals surface area contributed by atoms with Gasteiger partial charge in [-0.25, -0.2) is 0 Å². The highest BCUT2D eigenvalue weighted by Gasteiger charge is 2.21. The molecule has 2 rings (SSSR count). The third-order valence-corrected chi connectivity index (χ3v) is 3.57. The van der Waals surface area contributed by atoms with Gasteiger partial charge in [0, 0.05) is 6.04 Å². The number of benzene rings is 1. The first-order chi connectivity index (χ1) is 9.66. The van der Waals surface area contributed by atoms with Crippen LogP contribution in [0.5, 0.6) is 0 Å². The molecule has 0 aromatic heterocycles. The molecule has 1 saturated carbocycles. The molecule has 0 aliphatic heterocycles. The fraction of sp³-hybridized carbons (Fsp3) is 0.467. The van der Waals surface area contributed by atoms with E-state index >= 15 is 0 Å². The summed E-state index contributed by atoms with van der Waals surface area (Å²) in [5, 5.41) is 15.0. The quantitative estimate of drug-likeness (QED) is 0.735. The number of hydrogen-bond donors (Lipinski definition) is 3. The Balaban J connectivity index is 1.86. The topological polar surface area (TPSA) is 78.4 Å². The Morgan fingerprint density at radius 2 is 1.85 bits per heavy atom. The number of carboxylic acids is 1. The van der Waals surface area contributed by atoms with Crippen molar-refractivity contribution in [2.45, 2.75) is 37.8 Å². The van der Waals surface area contributed by atoms with Gasteiger partial charge >= 0.3 is 5.97 Å². The predicted octanol–water partition coefficient (Wildman–Crippen LogP) is 1.46. The largest absolute Gasteiger partial charge is 0.480 e. The summed E-state index contributed by atoms with van der Waals surface area (Å²) in [5.74, 6) is -1.12. The standard InChI is InChI=1S/C15H20N2O3/c18-13(17-12-8-4-5-9-12)10-16-14(15(19)20)11-6-2-1-3-7-11/h1-3,6-7,12,14,16H,4-5,8-10H2,(H,17,18)(H,19,20). The minimum Gasteiger partial charge on any atom is -0.480 e. The molecular weight excluding hydrogens is 256 g/mol. The van der Waals surface area contributed by atoms with Crippen LogP contribution < -0.4 is 10.6 Å². The molecule has 5 heteroatoms. The van der Waals surface area contributed by atoms with Crippen LogP contribution in [0.1, 0.15) is 37.3 Å². The SMILES string of the molecule is O=C(CNC(C(=O)O)c1ccccc1)NC1CCCC1. The molecule has 1 aliphatic carbocycles. The maximum absolute atomic E-state index is 11.8. The highest BCUT2D eigenvalue weighted by Crippen LogP contribution is 2.17. The molecule has 1 amide bonds. The Morgan fingerprint density at radius 1 is 1.20 bits per heavy atom. The molecule has 0 bridgehead atoms. The Bertz CT molecular complexity index is 455. The minimum absolute atomic E-state index is 0.0162. The van der Waals surface area contributed by atoms with Gasteiger partial charge in [0.1, 0.15) is 6.04 Å². The number of rotatable bonds is 6. The van der Waals surface area contributed by atoms with E-state index in [0.717, 1.165) is 25.7 Å². The van der Waals surface area contributed by atoms with Crippen LogP contribution in [0.3, 0.4) is 0 Å². The molecular formula is C15H20N2O3. The van der Waals surface area contributed by atoms with Gasteiger partial charge in [0.15, 0.2) is 0 Å². The Morgan fingerprint density at radius 3 is 2.45 bits per heavy atom. The normalized spacial score (nSPS) is 16.8. The second-order valence-corrected chi connectivity index (χ2v) is 5.11. The third kappa shape index (κ3) is 4.06. The smallest absolute Gasteiger partial charge is 0.325 e. The van der Waals surface area contributed by atoms with Crippen molar-refractivity contribution in [1.29, 1.82) is 0 Å². The van der Waals surface area contributed by atoms with Crippen LogP contribution >= 0.6 is 0 Å². The van der Waals surface area contributed by atoms with Gasteiger partial charge < -0.3 is 10.4 Å². The van der Waals surface area contributed by atoms with Crippen LogP contribution in [-0.2, 0) is 9.59 Å². The molecule has 0 spiro atoms. The number of hydrogen-bond acceptors (Lipinski definition) is 3. The fourth-order valence-electron chi connectivity index (χ4n) is 2.54. The van der Waals surface area contributed by atoms with Gasteiger partial charge in [-0.15, -0.1) is 0 Å². The molecule has 1 aromatic rings. The molecule has 3 N–H and O–H groups in total. The van der Waals surface area contributed by atoms with Crippen LogP contribution in [0.15, 0.2) is 30.3 Å². The second kappa shape index (κ2) is 7.05. The number of carbonyl (C=O) groups is 2. The summed E-state index contributed by atoms with van der Waals surface area (Å²) in [4.78, 5) is 23.1. The monoisotopic (exact) mass is 276 g/mol. The third-order valence-electron chi connectivity index (χ3n) is 3.57. The van der Waals surface area contributed by atoms with Crippen molar-refractivity contribution in [3.63, 3.8) is 0 Å². The van der Waals surface area contributed by atoms with Gasteiger partial charge in [-0.1, -0.05) is 43.2 Å². The maximum Gasteiger partial charge on any atom is 0.325 e. The molecule has 1 aliphatic rings. The summed E-state index contributed by atoms with van der Waals surface area (Å²) in [6.07, 6.45) is 4.35. The van der Waals surface area contributed by atoms with Gasteiger partial charge in [-0.3, -0.25) is 14.9 Å². The van der Waals surface area contributed by atoms with Crippen LogP contribution in [0, 0.1) is 0 Å². The van der Waals surface area contributed by atoms with Crippen molar-refractivity contribution in [1.82, 2.24) is 10.6 Å². The molecule has 20 heavy (non-hydrogen) atoms.